The number of imidazole rings is 1. The van der Waals surface area contributed by atoms with Crippen molar-refractivity contribution in [2.45, 2.75) is 6.42 Å². The molecular formula is C19H18N6O2. The molecule has 2 aromatic heterocycles. The number of fused-ring (bicyclic) bond motifs is 1. The Bertz CT molecular complexity index is 1010. The highest BCUT2D eigenvalue weighted by atomic mass is 16.5. The van der Waals surface area contributed by atoms with Gasteiger partial charge in [0.05, 0.1) is 16.7 Å². The van der Waals surface area contributed by atoms with Gasteiger partial charge >= 0.3 is 0 Å². The van der Waals surface area contributed by atoms with Crippen molar-refractivity contribution in [2.75, 3.05) is 13.2 Å². The average molecular weight is 362 g/mol. The number of aromatic nitrogens is 5. The van der Waals surface area contributed by atoms with Crippen LogP contribution in [0.3, 0.4) is 0 Å². The predicted molar refractivity (Wildman–Crippen MR) is 99.7 cm³/mol. The zero-order chi connectivity index (χ0) is 18.5. The number of hydrogen-bond donors (Lipinski definition) is 2. The van der Waals surface area contributed by atoms with Gasteiger partial charge in [-0.1, -0.05) is 18.2 Å². The average Bonchev–Trinajstić information content (AvgIpc) is 3.36. The molecule has 0 fully saturated rings. The van der Waals surface area contributed by atoms with Crippen LogP contribution in [0.5, 0.6) is 5.75 Å². The summed E-state index contributed by atoms with van der Waals surface area (Å²) in [5, 5.41) is 10.4. The maximum absolute atomic E-state index is 12.0. The molecule has 0 bridgehead atoms. The Balaban J connectivity index is 1.25. The predicted octanol–water partition coefficient (Wildman–Crippen LogP) is 1.88. The molecule has 0 radical (unpaired) electrons. The Kier molecular flexibility index (Phi) is 4.78. The Labute approximate surface area is 155 Å². The van der Waals surface area contributed by atoms with Crippen LogP contribution in [0.2, 0.25) is 0 Å². The topological polar surface area (TPSA) is 97.7 Å². The van der Waals surface area contributed by atoms with Gasteiger partial charge in [0.15, 0.2) is 6.61 Å². The molecule has 4 rings (SSSR count). The molecule has 0 aliphatic heterocycles. The van der Waals surface area contributed by atoms with Gasteiger partial charge in [0.2, 0.25) is 0 Å². The highest BCUT2D eigenvalue weighted by Gasteiger charge is 2.06. The number of carbonyl (C=O) groups excluding carboxylic acids is 1. The SMILES string of the molecule is O=C(COc1cccc(-n2cnnc2)c1)NCCc1nc2ccccc2[nH]1. The number of benzene rings is 2. The molecular weight excluding hydrogens is 344 g/mol. The van der Waals surface area contributed by atoms with Gasteiger partial charge in [0.25, 0.3) is 5.91 Å². The number of hydrogen-bond acceptors (Lipinski definition) is 5. The second-order valence-corrected chi connectivity index (χ2v) is 5.96. The molecule has 2 N–H and O–H groups in total. The van der Waals surface area contributed by atoms with Gasteiger partial charge in [0.1, 0.15) is 24.2 Å². The summed E-state index contributed by atoms with van der Waals surface area (Å²) in [5.74, 6) is 1.27. The largest absolute Gasteiger partial charge is 0.484 e. The second-order valence-electron chi connectivity index (χ2n) is 5.96. The molecule has 0 saturated carbocycles. The van der Waals surface area contributed by atoms with Crippen LogP contribution in [0.4, 0.5) is 0 Å². The normalized spacial score (nSPS) is 10.8. The maximum atomic E-state index is 12.0. The third-order valence-electron chi connectivity index (χ3n) is 4.03. The van der Waals surface area contributed by atoms with Gasteiger partial charge in [-0.25, -0.2) is 4.98 Å². The first-order valence-electron chi connectivity index (χ1n) is 8.56. The van der Waals surface area contributed by atoms with E-state index in [9.17, 15) is 4.79 Å². The van der Waals surface area contributed by atoms with Crippen molar-refractivity contribution < 1.29 is 9.53 Å². The van der Waals surface area contributed by atoms with Gasteiger partial charge in [-0.2, -0.15) is 0 Å². The smallest absolute Gasteiger partial charge is 0.257 e. The van der Waals surface area contributed by atoms with E-state index in [1.54, 1.807) is 23.3 Å². The zero-order valence-corrected chi connectivity index (χ0v) is 14.5. The molecule has 1 amide bonds. The third kappa shape index (κ3) is 4.12. The molecule has 8 nitrogen and oxygen atoms in total. The fraction of sp³-hybridized carbons (Fsp3) is 0.158. The number of carbonyl (C=O) groups is 1. The van der Waals surface area contributed by atoms with E-state index >= 15 is 0 Å². The van der Waals surface area contributed by atoms with Crippen LogP contribution in [-0.2, 0) is 11.2 Å². The van der Waals surface area contributed by atoms with E-state index in [1.807, 2.05) is 42.5 Å². The molecule has 0 unspecified atom stereocenters. The minimum Gasteiger partial charge on any atom is -0.484 e. The minimum absolute atomic E-state index is 0.0498. The van der Waals surface area contributed by atoms with Crippen molar-refractivity contribution in [3.05, 3.63) is 67.0 Å². The molecule has 27 heavy (non-hydrogen) atoms. The van der Waals surface area contributed by atoms with Crippen LogP contribution in [0.1, 0.15) is 5.82 Å². The summed E-state index contributed by atoms with van der Waals surface area (Å²) in [6.45, 7) is 0.439. The highest BCUT2D eigenvalue weighted by Crippen LogP contribution is 2.16. The minimum atomic E-state index is -0.180. The summed E-state index contributed by atoms with van der Waals surface area (Å²) < 4.78 is 7.33. The Morgan fingerprint density at radius 3 is 2.81 bits per heavy atom. The van der Waals surface area contributed by atoms with Crippen molar-refractivity contribution in [3.63, 3.8) is 0 Å². The van der Waals surface area contributed by atoms with Gasteiger partial charge in [-0.05, 0) is 24.3 Å². The lowest BCUT2D eigenvalue weighted by molar-refractivity contribution is -0.123. The van der Waals surface area contributed by atoms with E-state index in [0.717, 1.165) is 22.5 Å². The molecule has 0 spiro atoms. The summed E-state index contributed by atoms with van der Waals surface area (Å²) in [6.07, 6.45) is 3.83. The van der Waals surface area contributed by atoms with Gasteiger partial charge in [0, 0.05) is 19.0 Å². The van der Waals surface area contributed by atoms with Crippen molar-refractivity contribution in [1.82, 2.24) is 30.0 Å². The Hall–Kier alpha value is -3.68. The van der Waals surface area contributed by atoms with E-state index in [0.29, 0.717) is 18.7 Å². The first-order chi connectivity index (χ1) is 13.3. The number of nitrogens with zero attached hydrogens (tertiary/aromatic N) is 4. The summed E-state index contributed by atoms with van der Waals surface area (Å²) in [7, 11) is 0. The Morgan fingerprint density at radius 2 is 1.96 bits per heavy atom. The van der Waals surface area contributed by atoms with Gasteiger partial charge in [-0.3, -0.25) is 9.36 Å². The number of nitrogens with one attached hydrogen (secondary N) is 2. The standard InChI is InChI=1S/C19H18N6O2/c26-19(20-9-8-18-23-16-6-1-2-7-17(16)24-18)11-27-15-5-3-4-14(10-15)25-12-21-22-13-25/h1-7,10,12-13H,8-9,11H2,(H,20,26)(H,23,24). The zero-order valence-electron chi connectivity index (χ0n) is 14.5. The number of amides is 1. The summed E-state index contributed by atoms with van der Waals surface area (Å²) in [6, 6.07) is 15.2. The molecule has 0 aliphatic carbocycles. The molecule has 4 aromatic rings. The highest BCUT2D eigenvalue weighted by molar-refractivity contribution is 5.77. The number of ether oxygens (including phenoxy) is 1. The summed E-state index contributed by atoms with van der Waals surface area (Å²) >= 11 is 0. The van der Waals surface area contributed by atoms with Crippen molar-refractivity contribution in [1.29, 1.82) is 0 Å². The molecule has 0 aliphatic rings. The van der Waals surface area contributed by atoms with Crippen LogP contribution in [-0.4, -0.2) is 43.8 Å². The first kappa shape index (κ1) is 16.8. The van der Waals surface area contributed by atoms with Crippen LogP contribution in [0.15, 0.2) is 61.2 Å². The van der Waals surface area contributed by atoms with E-state index in [4.69, 9.17) is 4.74 Å². The lowest BCUT2D eigenvalue weighted by atomic mass is 10.3. The van der Waals surface area contributed by atoms with Crippen LogP contribution < -0.4 is 10.1 Å². The molecule has 2 heterocycles. The van der Waals surface area contributed by atoms with Crippen LogP contribution >= 0.6 is 0 Å². The molecule has 0 atom stereocenters. The van der Waals surface area contributed by atoms with Gasteiger partial charge in [-0.15, -0.1) is 10.2 Å². The molecule has 136 valence electrons. The monoisotopic (exact) mass is 362 g/mol. The third-order valence-corrected chi connectivity index (χ3v) is 4.03. The fourth-order valence-corrected chi connectivity index (χ4v) is 2.71. The van der Waals surface area contributed by atoms with Crippen molar-refractivity contribution in [2.24, 2.45) is 0 Å². The van der Waals surface area contributed by atoms with E-state index < -0.39 is 0 Å². The lowest BCUT2D eigenvalue weighted by Crippen LogP contribution is -2.30. The maximum Gasteiger partial charge on any atom is 0.257 e. The van der Waals surface area contributed by atoms with Gasteiger partial charge < -0.3 is 15.0 Å². The fourth-order valence-electron chi connectivity index (χ4n) is 2.71. The molecule has 0 saturated heterocycles. The quantitative estimate of drug-likeness (QED) is 0.523. The van der Waals surface area contributed by atoms with E-state index in [2.05, 4.69) is 25.5 Å². The first-order valence-corrected chi connectivity index (χ1v) is 8.56. The molecule has 2 aromatic carbocycles. The van der Waals surface area contributed by atoms with Crippen molar-refractivity contribution >= 4 is 16.9 Å². The number of rotatable bonds is 7. The summed E-state index contributed by atoms with van der Waals surface area (Å²) in [5.41, 5.74) is 2.79. The number of aromatic amines is 1. The van der Waals surface area contributed by atoms with Crippen molar-refractivity contribution in [3.8, 4) is 11.4 Å². The number of H-pyrrole nitrogens is 1. The molecule has 8 heteroatoms. The lowest BCUT2D eigenvalue weighted by Gasteiger charge is -2.08. The van der Waals surface area contributed by atoms with Crippen LogP contribution in [0, 0.1) is 0 Å². The summed E-state index contributed by atoms with van der Waals surface area (Å²) in [4.78, 5) is 19.7. The van der Waals surface area contributed by atoms with E-state index in [-0.39, 0.29) is 12.5 Å². The Morgan fingerprint density at radius 1 is 1.11 bits per heavy atom. The van der Waals surface area contributed by atoms with E-state index in [1.165, 1.54) is 0 Å². The number of para-hydroxylation sites is 2. The second kappa shape index (κ2) is 7.69. The van der Waals surface area contributed by atoms with Crippen LogP contribution in [0.25, 0.3) is 16.7 Å².